The van der Waals surface area contributed by atoms with E-state index in [0.717, 1.165) is 78.0 Å². The van der Waals surface area contributed by atoms with Gasteiger partial charge in [-0.15, -0.1) is 0 Å². The van der Waals surface area contributed by atoms with Crippen LogP contribution in [0.4, 0.5) is 34.1 Å². The molecule has 13 aromatic carbocycles. The molecule has 0 saturated heterocycles. The lowest BCUT2D eigenvalue weighted by Gasteiger charge is -2.33. The molecule has 15 aromatic rings. The molecule has 2 aliphatic carbocycles. The summed E-state index contributed by atoms with van der Waals surface area (Å²) in [5.41, 5.74) is 20.7. The van der Waals surface area contributed by atoms with Crippen LogP contribution in [0.5, 0.6) is 0 Å². The van der Waals surface area contributed by atoms with Crippen molar-refractivity contribution in [2.75, 3.05) is 9.80 Å². The number of hydrogen-bond acceptors (Lipinski definition) is 4. The molecule has 0 saturated carbocycles. The van der Waals surface area contributed by atoms with Gasteiger partial charge in [-0.25, -0.2) is 0 Å². The van der Waals surface area contributed by atoms with Crippen molar-refractivity contribution in [3.63, 3.8) is 0 Å². The van der Waals surface area contributed by atoms with Gasteiger partial charge in [-0.2, -0.15) is 0 Å². The smallest absolute Gasteiger partial charge is 0.159 e. The molecular formula is C77H54N2O2Si. The zero-order valence-corrected chi connectivity index (χ0v) is 47.0. The summed E-state index contributed by atoms with van der Waals surface area (Å²) in [7, 11) is -1.58. The van der Waals surface area contributed by atoms with Crippen molar-refractivity contribution in [3.05, 3.63) is 283 Å². The molecule has 1 atom stereocenters. The highest BCUT2D eigenvalue weighted by atomic mass is 28.3. The van der Waals surface area contributed by atoms with Gasteiger partial charge in [0.2, 0.25) is 0 Å². The van der Waals surface area contributed by atoms with E-state index in [4.69, 9.17) is 8.83 Å². The second-order valence-electron chi connectivity index (χ2n) is 23.6. The Labute approximate surface area is 476 Å². The Kier molecular flexibility index (Phi) is 9.89. The number of anilines is 6. The Morgan fingerprint density at radius 2 is 0.817 bits per heavy atom. The Bertz CT molecular complexity index is 5180. The first-order valence-corrected chi connectivity index (χ1v) is 32.1. The number of nitrogens with zero attached hydrogens (tertiary/aromatic N) is 2. The number of hydrogen-bond donors (Lipinski definition) is 0. The summed E-state index contributed by atoms with van der Waals surface area (Å²) in [6.07, 6.45) is 0. The van der Waals surface area contributed by atoms with Gasteiger partial charge in [-0.3, -0.25) is 0 Å². The van der Waals surface area contributed by atoms with Crippen LogP contribution in [0.2, 0.25) is 19.6 Å². The molecule has 2 heterocycles. The molecule has 4 nitrogen and oxygen atoms in total. The Morgan fingerprint density at radius 3 is 1.39 bits per heavy atom. The normalized spacial score (nSPS) is 14.4. The zero-order valence-electron chi connectivity index (χ0n) is 46.0. The third kappa shape index (κ3) is 6.60. The topological polar surface area (TPSA) is 32.8 Å². The molecule has 0 fully saturated rings. The van der Waals surface area contributed by atoms with Crippen molar-refractivity contribution in [1.82, 2.24) is 0 Å². The molecular weight excluding hydrogens is 1010 g/mol. The van der Waals surface area contributed by atoms with Crippen molar-refractivity contribution < 1.29 is 8.83 Å². The van der Waals surface area contributed by atoms with Crippen molar-refractivity contribution >= 4 is 124 Å². The van der Waals surface area contributed by atoms with Gasteiger partial charge in [0.15, 0.2) is 11.2 Å². The molecule has 2 aromatic heterocycles. The van der Waals surface area contributed by atoms with E-state index in [2.05, 4.69) is 285 Å². The van der Waals surface area contributed by atoms with Gasteiger partial charge in [0.25, 0.3) is 0 Å². The Morgan fingerprint density at radius 1 is 0.341 bits per heavy atom. The van der Waals surface area contributed by atoms with Crippen LogP contribution in [0.1, 0.15) is 27.8 Å². The summed E-state index contributed by atoms with van der Waals surface area (Å²) < 4.78 is 13.6. The van der Waals surface area contributed by atoms with Crippen LogP contribution < -0.4 is 15.0 Å². The first-order valence-electron chi connectivity index (χ1n) is 28.6. The van der Waals surface area contributed by atoms with E-state index < -0.39 is 13.5 Å². The van der Waals surface area contributed by atoms with Gasteiger partial charge in [0.05, 0.1) is 24.9 Å². The number of aryl methyl sites for hydroxylation is 1. The zero-order chi connectivity index (χ0) is 54.6. The lowest BCUT2D eigenvalue weighted by atomic mass is 9.68. The molecule has 0 radical (unpaired) electrons. The molecule has 17 rings (SSSR count). The Hall–Kier alpha value is -9.94. The third-order valence-electron chi connectivity index (χ3n) is 18.0. The lowest BCUT2D eigenvalue weighted by molar-refractivity contribution is 0.668. The minimum atomic E-state index is -1.58. The predicted molar refractivity (Wildman–Crippen MR) is 347 cm³/mol. The summed E-state index contributed by atoms with van der Waals surface area (Å²) in [5, 5.41) is 13.2. The van der Waals surface area contributed by atoms with E-state index in [0.29, 0.717) is 0 Å². The monoisotopic (exact) mass is 1070 g/mol. The highest BCUT2D eigenvalue weighted by molar-refractivity contribution is 6.88. The maximum absolute atomic E-state index is 6.82. The Balaban J connectivity index is 0.912. The van der Waals surface area contributed by atoms with Crippen LogP contribution in [0.25, 0.3) is 98.4 Å². The van der Waals surface area contributed by atoms with E-state index >= 15 is 0 Å². The second kappa shape index (κ2) is 17.3. The molecule has 1 spiro atoms. The fourth-order valence-corrected chi connectivity index (χ4v) is 15.5. The molecule has 388 valence electrons. The highest BCUT2D eigenvalue weighted by Gasteiger charge is 2.53. The number of rotatable bonds is 7. The maximum atomic E-state index is 6.82. The summed E-state index contributed by atoms with van der Waals surface area (Å²) in [5.74, 6) is 0. The van der Waals surface area contributed by atoms with Gasteiger partial charge < -0.3 is 18.6 Å². The van der Waals surface area contributed by atoms with Gasteiger partial charge in [0, 0.05) is 44.3 Å². The molecule has 2 aliphatic rings. The van der Waals surface area contributed by atoms with E-state index in [-0.39, 0.29) is 0 Å². The van der Waals surface area contributed by atoms with Crippen molar-refractivity contribution in [1.29, 1.82) is 0 Å². The first kappa shape index (κ1) is 46.9. The predicted octanol–water partition coefficient (Wildman–Crippen LogP) is 21.1. The van der Waals surface area contributed by atoms with E-state index in [1.54, 1.807) is 0 Å². The molecule has 0 N–H and O–H groups in total. The van der Waals surface area contributed by atoms with Crippen LogP contribution in [0, 0.1) is 6.92 Å². The van der Waals surface area contributed by atoms with Crippen LogP contribution >= 0.6 is 0 Å². The van der Waals surface area contributed by atoms with E-state index in [1.165, 1.54) is 87.6 Å². The van der Waals surface area contributed by atoms with Gasteiger partial charge in [-0.1, -0.05) is 212 Å². The fourth-order valence-electron chi connectivity index (χ4n) is 14.4. The van der Waals surface area contributed by atoms with Gasteiger partial charge in [0.1, 0.15) is 11.2 Å². The van der Waals surface area contributed by atoms with Crippen molar-refractivity contribution in [2.45, 2.75) is 32.0 Å². The largest absolute Gasteiger partial charge is 0.454 e. The molecule has 0 amide bonds. The molecule has 1 unspecified atom stereocenters. The van der Waals surface area contributed by atoms with Crippen LogP contribution in [0.3, 0.4) is 0 Å². The average molecular weight is 1070 g/mol. The fraction of sp³-hybridized carbons (Fsp3) is 0.0649. The number of benzene rings is 13. The molecule has 82 heavy (non-hydrogen) atoms. The second-order valence-corrected chi connectivity index (χ2v) is 28.7. The number of fused-ring (bicyclic) bond motifs is 22. The minimum absolute atomic E-state index is 0.661. The van der Waals surface area contributed by atoms with Crippen LogP contribution in [0.15, 0.2) is 264 Å². The first-order chi connectivity index (χ1) is 40.2. The van der Waals surface area contributed by atoms with E-state index in [9.17, 15) is 0 Å². The van der Waals surface area contributed by atoms with E-state index in [1.807, 2.05) is 6.07 Å². The van der Waals surface area contributed by atoms with Crippen LogP contribution in [-0.4, -0.2) is 8.07 Å². The van der Waals surface area contributed by atoms with Gasteiger partial charge >= 0.3 is 0 Å². The van der Waals surface area contributed by atoms with Crippen molar-refractivity contribution in [2.24, 2.45) is 0 Å². The molecule has 0 bridgehead atoms. The van der Waals surface area contributed by atoms with Gasteiger partial charge in [-0.05, 0) is 157 Å². The summed E-state index contributed by atoms with van der Waals surface area (Å²) in [6, 6.07) is 94.8. The molecule has 5 heteroatoms. The molecule has 0 aliphatic heterocycles. The third-order valence-corrected chi connectivity index (χ3v) is 20.1. The average Bonchev–Trinajstić information content (AvgIpc) is 1.57. The SMILES string of the molecule is Cc1ccc(N(c2ccc3c4c(ccc3c2)-c2ccc3cc(N(c5ccc([Si](C)(C)C)cc5)c5cccc6c5oc5ccccc56)ccc3c2C42c3ccccc3-c3c2ccc2ccccc32)c2cccc3c2oc2ccccc23)cc1. The summed E-state index contributed by atoms with van der Waals surface area (Å²) >= 11 is 0. The highest BCUT2D eigenvalue weighted by Crippen LogP contribution is 2.66. The standard InChI is InChI=1S/C77H54N2O2Si/c1-47-27-32-51(33-28-47)78(68-23-13-20-63-59-17-8-11-25-70(59)80-75(63)68)53-36-42-57-49(45-53)29-40-61-62-41-30-50-46-54(79(52-34-38-55(39-35-52)82(2,3)4)69-24-14-21-64-60-18-9-12-26-71(60)81-76(64)69)37-43-58(50)74(62)77(73(57)61)66-22-10-7-19-65(66)72-56-16-6-5-15-48(56)31-44-67(72)77/h5-46H,1-4H3. The summed E-state index contributed by atoms with van der Waals surface area (Å²) in [4.78, 5) is 4.78. The number of para-hydroxylation sites is 4. The van der Waals surface area contributed by atoms with Crippen molar-refractivity contribution in [3.8, 4) is 22.3 Å². The quantitative estimate of drug-likeness (QED) is 0.149. The minimum Gasteiger partial charge on any atom is -0.454 e. The van der Waals surface area contributed by atoms with Crippen LogP contribution in [-0.2, 0) is 5.41 Å². The number of furan rings is 2. The lowest BCUT2D eigenvalue weighted by Crippen LogP contribution is -2.37. The summed E-state index contributed by atoms with van der Waals surface area (Å²) in [6.45, 7) is 9.39. The maximum Gasteiger partial charge on any atom is 0.159 e.